The van der Waals surface area contributed by atoms with Gasteiger partial charge in [-0.1, -0.05) is 11.6 Å². The van der Waals surface area contributed by atoms with Crippen LogP contribution in [0.15, 0.2) is 18.2 Å². The predicted molar refractivity (Wildman–Crippen MR) is 70.7 cm³/mol. The van der Waals surface area contributed by atoms with E-state index in [1.54, 1.807) is 0 Å². The Bertz CT molecular complexity index is 453. The summed E-state index contributed by atoms with van der Waals surface area (Å²) in [5.41, 5.74) is 0.377. The Morgan fingerprint density at radius 3 is 2.83 bits per heavy atom. The summed E-state index contributed by atoms with van der Waals surface area (Å²) in [6.07, 6.45) is 2.98. The van der Waals surface area contributed by atoms with Gasteiger partial charge in [-0.15, -0.1) is 11.6 Å². The number of rotatable bonds is 3. The summed E-state index contributed by atoms with van der Waals surface area (Å²) >= 11 is 11.6. The minimum Gasteiger partial charge on any atom is -0.352 e. The Morgan fingerprint density at radius 1 is 1.44 bits per heavy atom. The molecule has 1 amide bonds. The maximum atomic E-state index is 13.0. The number of hydrogen-bond donors (Lipinski definition) is 1. The molecule has 98 valence electrons. The molecule has 1 aliphatic rings. The van der Waals surface area contributed by atoms with E-state index in [1.165, 1.54) is 18.2 Å². The normalized spacial score (nSPS) is 23.1. The Balaban J connectivity index is 1.89. The van der Waals surface area contributed by atoms with Gasteiger partial charge < -0.3 is 5.32 Å². The van der Waals surface area contributed by atoms with Crippen molar-refractivity contribution in [3.05, 3.63) is 34.6 Å². The van der Waals surface area contributed by atoms with Crippen LogP contribution in [-0.2, 0) is 0 Å². The van der Waals surface area contributed by atoms with Crippen LogP contribution in [0.5, 0.6) is 0 Å². The van der Waals surface area contributed by atoms with E-state index in [0.29, 0.717) is 18.0 Å². The second-order valence-electron chi connectivity index (χ2n) is 4.62. The van der Waals surface area contributed by atoms with E-state index in [-0.39, 0.29) is 16.3 Å². The van der Waals surface area contributed by atoms with E-state index in [4.69, 9.17) is 23.2 Å². The topological polar surface area (TPSA) is 29.1 Å². The average Bonchev–Trinajstić information content (AvgIpc) is 2.75. The summed E-state index contributed by atoms with van der Waals surface area (Å²) < 4.78 is 13.0. The largest absolute Gasteiger partial charge is 0.352 e. The fourth-order valence-corrected chi connectivity index (χ4v) is 2.73. The van der Waals surface area contributed by atoms with Crippen molar-refractivity contribution in [3.63, 3.8) is 0 Å². The van der Waals surface area contributed by atoms with Gasteiger partial charge in [-0.05, 0) is 43.4 Å². The molecule has 0 saturated heterocycles. The zero-order valence-corrected chi connectivity index (χ0v) is 11.3. The molecule has 2 atom stereocenters. The average molecular weight is 290 g/mol. The lowest BCUT2D eigenvalue weighted by molar-refractivity contribution is 0.0947. The highest BCUT2D eigenvalue weighted by atomic mass is 35.5. The SMILES string of the molecule is O=C(NCC1CCC(Cl)C1)c1ccc(F)c(Cl)c1. The lowest BCUT2D eigenvalue weighted by Crippen LogP contribution is -2.28. The molecule has 1 aromatic carbocycles. The third kappa shape index (κ3) is 3.36. The molecule has 0 aromatic heterocycles. The minimum atomic E-state index is -0.519. The zero-order chi connectivity index (χ0) is 13.1. The van der Waals surface area contributed by atoms with Crippen LogP contribution in [0.25, 0.3) is 0 Å². The second-order valence-corrected chi connectivity index (χ2v) is 5.64. The lowest BCUT2D eigenvalue weighted by atomic mass is 10.1. The summed E-state index contributed by atoms with van der Waals surface area (Å²) in [4.78, 5) is 11.8. The molecular formula is C13H14Cl2FNO. The van der Waals surface area contributed by atoms with Crippen molar-refractivity contribution in [1.29, 1.82) is 0 Å². The Hall–Kier alpha value is -0.800. The number of halogens is 3. The number of carbonyl (C=O) groups excluding carboxylic acids is 1. The Labute approximate surface area is 115 Å². The maximum Gasteiger partial charge on any atom is 0.251 e. The summed E-state index contributed by atoms with van der Waals surface area (Å²) in [5.74, 6) is -0.309. The zero-order valence-electron chi connectivity index (χ0n) is 9.76. The predicted octanol–water partition coefficient (Wildman–Crippen LogP) is 3.62. The molecule has 5 heteroatoms. The lowest BCUT2D eigenvalue weighted by Gasteiger charge is -2.11. The third-order valence-electron chi connectivity index (χ3n) is 3.21. The maximum absolute atomic E-state index is 13.0. The summed E-state index contributed by atoms with van der Waals surface area (Å²) in [7, 11) is 0. The molecule has 0 heterocycles. The van der Waals surface area contributed by atoms with Gasteiger partial charge >= 0.3 is 0 Å². The van der Waals surface area contributed by atoms with Gasteiger partial charge in [0, 0.05) is 17.5 Å². The van der Waals surface area contributed by atoms with Crippen LogP contribution in [0.1, 0.15) is 29.6 Å². The monoisotopic (exact) mass is 289 g/mol. The number of amides is 1. The molecule has 0 spiro atoms. The van der Waals surface area contributed by atoms with Gasteiger partial charge in [0.2, 0.25) is 0 Å². The van der Waals surface area contributed by atoms with Crippen molar-refractivity contribution in [3.8, 4) is 0 Å². The second kappa shape index (κ2) is 5.89. The quantitative estimate of drug-likeness (QED) is 0.846. The van der Waals surface area contributed by atoms with E-state index in [2.05, 4.69) is 5.32 Å². The highest BCUT2D eigenvalue weighted by Gasteiger charge is 2.23. The van der Waals surface area contributed by atoms with Crippen molar-refractivity contribution in [2.24, 2.45) is 5.92 Å². The van der Waals surface area contributed by atoms with Gasteiger partial charge in [0.25, 0.3) is 5.91 Å². The molecule has 1 fully saturated rings. The molecule has 1 aliphatic carbocycles. The van der Waals surface area contributed by atoms with Gasteiger partial charge in [-0.2, -0.15) is 0 Å². The van der Waals surface area contributed by atoms with Crippen LogP contribution in [0.2, 0.25) is 5.02 Å². The third-order valence-corrected chi connectivity index (χ3v) is 3.90. The fourth-order valence-electron chi connectivity index (χ4n) is 2.18. The molecule has 2 unspecified atom stereocenters. The van der Waals surface area contributed by atoms with Crippen molar-refractivity contribution in [2.45, 2.75) is 24.6 Å². The molecule has 1 aromatic rings. The van der Waals surface area contributed by atoms with E-state index >= 15 is 0 Å². The molecule has 0 radical (unpaired) electrons. The minimum absolute atomic E-state index is 0.0376. The molecule has 2 nitrogen and oxygen atoms in total. The Kier molecular flexibility index (Phi) is 4.46. The van der Waals surface area contributed by atoms with E-state index < -0.39 is 5.82 Å². The summed E-state index contributed by atoms with van der Waals surface area (Å²) in [6, 6.07) is 3.96. The van der Waals surface area contributed by atoms with Gasteiger partial charge in [0.05, 0.1) is 5.02 Å². The number of alkyl halides is 1. The highest BCUT2D eigenvalue weighted by Crippen LogP contribution is 2.28. The first-order chi connectivity index (χ1) is 8.56. The molecule has 1 saturated carbocycles. The van der Waals surface area contributed by atoms with E-state index in [1.807, 2.05) is 0 Å². The van der Waals surface area contributed by atoms with Crippen molar-refractivity contribution < 1.29 is 9.18 Å². The first-order valence-electron chi connectivity index (χ1n) is 5.93. The molecule has 18 heavy (non-hydrogen) atoms. The van der Waals surface area contributed by atoms with Crippen LogP contribution >= 0.6 is 23.2 Å². The van der Waals surface area contributed by atoms with Crippen molar-refractivity contribution in [1.82, 2.24) is 5.32 Å². The smallest absolute Gasteiger partial charge is 0.251 e. The molecule has 1 N–H and O–H groups in total. The number of benzene rings is 1. The molecule has 0 bridgehead atoms. The van der Waals surface area contributed by atoms with Crippen molar-refractivity contribution >= 4 is 29.1 Å². The van der Waals surface area contributed by atoms with Crippen LogP contribution in [0.4, 0.5) is 4.39 Å². The number of nitrogens with one attached hydrogen (secondary N) is 1. The molecular weight excluding hydrogens is 276 g/mol. The van der Waals surface area contributed by atoms with Crippen LogP contribution in [-0.4, -0.2) is 17.8 Å². The summed E-state index contributed by atoms with van der Waals surface area (Å²) in [5, 5.41) is 3.02. The number of hydrogen-bond acceptors (Lipinski definition) is 1. The fraction of sp³-hybridized carbons (Fsp3) is 0.462. The molecule has 0 aliphatic heterocycles. The van der Waals surface area contributed by atoms with Crippen molar-refractivity contribution in [2.75, 3.05) is 6.54 Å². The van der Waals surface area contributed by atoms with Crippen LogP contribution in [0, 0.1) is 11.7 Å². The van der Waals surface area contributed by atoms with E-state index in [9.17, 15) is 9.18 Å². The first kappa shape index (κ1) is 13.6. The standard InChI is InChI=1S/C13H14Cl2FNO/c14-10-3-1-8(5-10)7-17-13(18)9-2-4-12(16)11(15)6-9/h2,4,6,8,10H,1,3,5,7H2,(H,17,18). The highest BCUT2D eigenvalue weighted by molar-refractivity contribution is 6.31. The van der Waals surface area contributed by atoms with Gasteiger partial charge in [-0.3, -0.25) is 4.79 Å². The summed E-state index contributed by atoms with van der Waals surface area (Å²) in [6.45, 7) is 0.608. The first-order valence-corrected chi connectivity index (χ1v) is 6.75. The van der Waals surface area contributed by atoms with Crippen LogP contribution in [0.3, 0.4) is 0 Å². The molecule has 2 rings (SSSR count). The Morgan fingerprint density at radius 2 is 2.22 bits per heavy atom. The van der Waals surface area contributed by atoms with E-state index in [0.717, 1.165) is 19.3 Å². The number of carbonyl (C=O) groups is 1. The van der Waals surface area contributed by atoms with Gasteiger partial charge in [0.15, 0.2) is 0 Å². The van der Waals surface area contributed by atoms with Gasteiger partial charge in [0.1, 0.15) is 5.82 Å². The van der Waals surface area contributed by atoms with Crippen LogP contribution < -0.4 is 5.32 Å². The van der Waals surface area contributed by atoms with Gasteiger partial charge in [-0.25, -0.2) is 4.39 Å².